The fourth-order valence-corrected chi connectivity index (χ4v) is 3.68. The van der Waals surface area contributed by atoms with Gasteiger partial charge < -0.3 is 14.1 Å². The van der Waals surface area contributed by atoms with Crippen LogP contribution < -0.4 is 5.56 Å². The molecule has 0 atom stereocenters. The third kappa shape index (κ3) is 3.10. The van der Waals surface area contributed by atoms with Crippen molar-refractivity contribution >= 4 is 33.8 Å². The van der Waals surface area contributed by atoms with Gasteiger partial charge in [-0.05, 0) is 25.8 Å². The molecule has 0 saturated carbocycles. The highest BCUT2D eigenvalue weighted by Crippen LogP contribution is 2.24. The summed E-state index contributed by atoms with van der Waals surface area (Å²) in [5, 5.41) is 0.834. The number of hydrogen-bond donors (Lipinski definition) is 1. The maximum atomic E-state index is 13.0. The lowest BCUT2D eigenvalue weighted by Crippen LogP contribution is -2.25. The topological polar surface area (TPSA) is 107 Å². The number of esters is 1. The summed E-state index contributed by atoms with van der Waals surface area (Å²) in [5.41, 5.74) is 2.09. The highest BCUT2D eigenvalue weighted by Gasteiger charge is 2.24. The molecule has 0 aliphatic heterocycles. The third-order valence-electron chi connectivity index (χ3n) is 5.13. The molecule has 8 nitrogen and oxygen atoms in total. The predicted octanol–water partition coefficient (Wildman–Crippen LogP) is 3.40. The van der Waals surface area contributed by atoms with Crippen LogP contribution in [-0.2, 0) is 17.7 Å². The summed E-state index contributed by atoms with van der Waals surface area (Å²) in [6, 6.07) is 5.79. The molecule has 154 valence electrons. The van der Waals surface area contributed by atoms with Crippen LogP contribution >= 0.6 is 0 Å². The van der Waals surface area contributed by atoms with Gasteiger partial charge in [0.25, 0.3) is 5.56 Å². The van der Waals surface area contributed by atoms with Crippen LogP contribution in [0, 0.1) is 6.92 Å². The van der Waals surface area contributed by atoms with Crippen molar-refractivity contribution in [1.82, 2.24) is 14.5 Å². The fraction of sp³-hybridized carbons (Fsp3) is 0.273. The number of benzene rings is 1. The molecule has 0 unspecified atom stereocenters. The fourth-order valence-electron chi connectivity index (χ4n) is 3.68. The maximum absolute atomic E-state index is 13.0. The number of fused-ring (bicyclic) bond motifs is 2. The number of carbonyl (C=O) groups is 2. The summed E-state index contributed by atoms with van der Waals surface area (Å²) in [4.78, 5) is 45.6. The van der Waals surface area contributed by atoms with Crippen molar-refractivity contribution in [2.24, 2.45) is 0 Å². The number of H-pyrrole nitrogens is 1. The summed E-state index contributed by atoms with van der Waals surface area (Å²) in [6.07, 6.45) is 3.75. The monoisotopic (exact) mass is 407 g/mol. The number of Topliss-reactive ketones (excluding diaryl/α,β-unsaturated/α-hetero) is 1. The van der Waals surface area contributed by atoms with E-state index < -0.39 is 11.5 Å². The van der Waals surface area contributed by atoms with Gasteiger partial charge in [0, 0.05) is 22.7 Å². The molecule has 0 radical (unpaired) electrons. The quantitative estimate of drug-likeness (QED) is 0.388. The van der Waals surface area contributed by atoms with Crippen molar-refractivity contribution in [1.29, 1.82) is 0 Å². The van der Waals surface area contributed by atoms with Gasteiger partial charge in [-0.3, -0.25) is 14.2 Å². The molecule has 8 heteroatoms. The standard InChI is InChI=1S/C22H21N3O5/c1-4-13-7-6-8-14-15(9-23-19(13)14)16(26)10-25-11-24-20-18(21(25)27)17(12(3)30-20)22(28)29-5-2/h6-9,11,23H,4-5,10H2,1-3H3. The van der Waals surface area contributed by atoms with Gasteiger partial charge in [-0.1, -0.05) is 25.1 Å². The predicted molar refractivity (Wildman–Crippen MR) is 111 cm³/mol. The van der Waals surface area contributed by atoms with E-state index in [1.165, 1.54) is 10.9 Å². The number of ketones is 1. The molecule has 3 heterocycles. The highest BCUT2D eigenvalue weighted by atomic mass is 16.5. The van der Waals surface area contributed by atoms with E-state index in [-0.39, 0.29) is 41.4 Å². The van der Waals surface area contributed by atoms with Crippen LogP contribution in [0.25, 0.3) is 22.0 Å². The Balaban J connectivity index is 1.75. The van der Waals surface area contributed by atoms with E-state index in [9.17, 15) is 14.4 Å². The lowest BCUT2D eigenvalue weighted by Gasteiger charge is -2.05. The number of aromatic nitrogens is 3. The first-order valence-electron chi connectivity index (χ1n) is 9.74. The van der Waals surface area contributed by atoms with Gasteiger partial charge in [-0.25, -0.2) is 9.78 Å². The van der Waals surface area contributed by atoms with Crippen molar-refractivity contribution in [2.75, 3.05) is 6.61 Å². The number of ether oxygens (including phenoxy) is 1. The average molecular weight is 407 g/mol. The number of nitrogens with one attached hydrogen (secondary N) is 1. The highest BCUT2D eigenvalue weighted by molar-refractivity contribution is 6.08. The first-order valence-corrected chi connectivity index (χ1v) is 9.74. The van der Waals surface area contributed by atoms with Crippen molar-refractivity contribution < 1.29 is 18.7 Å². The number of aromatic amines is 1. The van der Waals surface area contributed by atoms with Crippen LogP contribution in [0.5, 0.6) is 0 Å². The molecule has 0 aliphatic carbocycles. The molecule has 0 aliphatic rings. The molecular weight excluding hydrogens is 386 g/mol. The van der Waals surface area contributed by atoms with Gasteiger partial charge in [0.15, 0.2) is 5.78 Å². The minimum atomic E-state index is -0.652. The molecular formula is C22H21N3O5. The lowest BCUT2D eigenvalue weighted by molar-refractivity contribution is 0.0526. The Morgan fingerprint density at radius 1 is 1.27 bits per heavy atom. The van der Waals surface area contributed by atoms with Crippen LogP contribution in [0.3, 0.4) is 0 Å². The second-order valence-corrected chi connectivity index (χ2v) is 6.93. The lowest BCUT2D eigenvalue weighted by atomic mass is 10.0. The minimum absolute atomic E-state index is 0.0217. The van der Waals surface area contributed by atoms with Crippen molar-refractivity contribution in [3.63, 3.8) is 0 Å². The van der Waals surface area contributed by atoms with Crippen molar-refractivity contribution in [3.05, 3.63) is 63.5 Å². The summed E-state index contributed by atoms with van der Waals surface area (Å²) < 4.78 is 11.7. The normalized spacial score (nSPS) is 11.3. The molecule has 0 amide bonds. The molecule has 4 rings (SSSR count). The number of rotatable bonds is 6. The van der Waals surface area contributed by atoms with E-state index in [1.807, 2.05) is 25.1 Å². The van der Waals surface area contributed by atoms with Crippen LogP contribution in [0.4, 0.5) is 0 Å². The van der Waals surface area contributed by atoms with Gasteiger partial charge in [0.05, 0.1) is 13.2 Å². The molecule has 3 aromatic heterocycles. The van der Waals surface area contributed by atoms with E-state index in [0.29, 0.717) is 5.56 Å². The second-order valence-electron chi connectivity index (χ2n) is 6.93. The Morgan fingerprint density at radius 2 is 2.07 bits per heavy atom. The number of hydrogen-bond acceptors (Lipinski definition) is 6. The zero-order valence-corrected chi connectivity index (χ0v) is 16.9. The largest absolute Gasteiger partial charge is 0.462 e. The van der Waals surface area contributed by atoms with E-state index in [1.54, 1.807) is 20.0 Å². The van der Waals surface area contributed by atoms with Crippen LogP contribution in [-0.4, -0.2) is 32.9 Å². The SMILES string of the molecule is CCOC(=O)c1c(C)oc2ncn(CC(=O)c3c[nH]c4c(CC)cccc34)c(=O)c12. The third-order valence-corrected chi connectivity index (χ3v) is 5.13. The zero-order valence-electron chi connectivity index (χ0n) is 16.9. The zero-order chi connectivity index (χ0) is 21.4. The van der Waals surface area contributed by atoms with E-state index in [2.05, 4.69) is 9.97 Å². The summed E-state index contributed by atoms with van der Waals surface area (Å²) in [5.74, 6) is -0.642. The number of para-hydroxylation sites is 1. The van der Waals surface area contributed by atoms with E-state index >= 15 is 0 Å². The number of nitrogens with zero attached hydrogens (tertiary/aromatic N) is 2. The van der Waals surface area contributed by atoms with Crippen LogP contribution in [0.15, 0.2) is 39.9 Å². The smallest absolute Gasteiger partial charge is 0.342 e. The van der Waals surface area contributed by atoms with E-state index in [4.69, 9.17) is 9.15 Å². The van der Waals surface area contributed by atoms with Gasteiger partial charge in [-0.15, -0.1) is 0 Å². The summed E-state index contributed by atoms with van der Waals surface area (Å²) in [7, 11) is 0. The molecule has 4 aromatic rings. The van der Waals surface area contributed by atoms with Gasteiger partial charge in [0.1, 0.15) is 23.0 Å². The van der Waals surface area contributed by atoms with E-state index in [0.717, 1.165) is 22.9 Å². The van der Waals surface area contributed by atoms with Crippen LogP contribution in [0.2, 0.25) is 0 Å². The Morgan fingerprint density at radius 3 is 2.80 bits per heavy atom. The maximum Gasteiger partial charge on any atom is 0.342 e. The minimum Gasteiger partial charge on any atom is -0.462 e. The van der Waals surface area contributed by atoms with Crippen molar-refractivity contribution in [2.45, 2.75) is 33.7 Å². The summed E-state index contributed by atoms with van der Waals surface area (Å²) in [6.45, 7) is 5.25. The molecule has 1 N–H and O–H groups in total. The number of furan rings is 1. The molecule has 0 bridgehead atoms. The molecule has 30 heavy (non-hydrogen) atoms. The Bertz CT molecular complexity index is 1340. The Labute approximate surface area is 171 Å². The van der Waals surface area contributed by atoms with Gasteiger partial charge in [0.2, 0.25) is 5.71 Å². The summed E-state index contributed by atoms with van der Waals surface area (Å²) >= 11 is 0. The van der Waals surface area contributed by atoms with Gasteiger partial charge in [-0.2, -0.15) is 0 Å². The second kappa shape index (κ2) is 7.62. The van der Waals surface area contributed by atoms with Crippen molar-refractivity contribution in [3.8, 4) is 0 Å². The number of carbonyl (C=O) groups excluding carboxylic acids is 2. The Hall–Kier alpha value is -3.68. The number of aryl methyl sites for hydroxylation is 2. The average Bonchev–Trinajstić information content (AvgIpc) is 3.31. The van der Waals surface area contributed by atoms with Crippen LogP contribution in [0.1, 0.15) is 45.9 Å². The molecule has 0 spiro atoms. The molecule has 1 aromatic carbocycles. The molecule has 0 saturated heterocycles. The molecule has 0 fully saturated rings. The Kier molecular flexibility index (Phi) is 4.99. The first kappa shape index (κ1) is 19.6. The van der Waals surface area contributed by atoms with Gasteiger partial charge >= 0.3 is 5.97 Å². The first-order chi connectivity index (χ1) is 14.5.